The first-order chi connectivity index (χ1) is 20.9. The highest BCUT2D eigenvalue weighted by molar-refractivity contribution is 6.07. The number of carbonyl (C=O) groups excluding carboxylic acids is 2. The van der Waals surface area contributed by atoms with Gasteiger partial charge in [0.15, 0.2) is 0 Å². The molecule has 2 amide bonds. The molecule has 8 nitrogen and oxygen atoms in total. The van der Waals surface area contributed by atoms with Gasteiger partial charge in [0.25, 0.3) is 11.8 Å². The molecule has 3 aromatic rings. The molecule has 2 fully saturated rings. The topological polar surface area (TPSA) is 97.5 Å². The van der Waals surface area contributed by atoms with E-state index in [0.29, 0.717) is 37.0 Å². The van der Waals surface area contributed by atoms with Gasteiger partial charge in [-0.15, -0.1) is 0 Å². The standard InChI is InChI=1S/C32H35F4N5O3/c1-19-18-41(13-12-40(19)2)28-11-9-20(15-27(28)39-31(44)24-17-37-29(42)16-25(24)32(34,35)36)23-14-21(8-10-26(23)33)30(43)38-22-6-4-3-5-7-22/h8-11,14-17,19,22H,3-7,12-13,18H2,1-2H3,(H,37,42)(H,38,43)(H,39,44). The normalized spacial score (nSPS) is 18.2. The quantitative estimate of drug-likeness (QED) is 0.312. The molecular formula is C32H35F4N5O3. The number of likely N-dealkylation sites (N-methyl/N-ethyl adjacent to an activating group) is 1. The molecule has 1 atom stereocenters. The van der Waals surface area contributed by atoms with E-state index in [1.54, 1.807) is 12.1 Å². The van der Waals surface area contributed by atoms with E-state index in [2.05, 4.69) is 20.5 Å². The van der Waals surface area contributed by atoms with E-state index in [0.717, 1.165) is 38.3 Å². The molecule has 1 aromatic heterocycles. The first-order valence-electron chi connectivity index (χ1n) is 14.7. The zero-order valence-corrected chi connectivity index (χ0v) is 24.6. The van der Waals surface area contributed by atoms with Crippen LogP contribution in [-0.2, 0) is 6.18 Å². The Kier molecular flexibility index (Phi) is 9.10. The fourth-order valence-corrected chi connectivity index (χ4v) is 5.83. The lowest BCUT2D eigenvalue weighted by molar-refractivity contribution is -0.138. The minimum atomic E-state index is -4.94. The Morgan fingerprint density at radius 1 is 0.977 bits per heavy atom. The number of pyridine rings is 1. The first kappa shape index (κ1) is 31.2. The van der Waals surface area contributed by atoms with Crippen LogP contribution in [0.4, 0.5) is 28.9 Å². The van der Waals surface area contributed by atoms with Crippen LogP contribution in [0.3, 0.4) is 0 Å². The van der Waals surface area contributed by atoms with E-state index in [4.69, 9.17) is 0 Å². The summed E-state index contributed by atoms with van der Waals surface area (Å²) in [5, 5.41) is 5.61. The van der Waals surface area contributed by atoms with Crippen LogP contribution in [0.1, 0.15) is 65.3 Å². The number of piperazine rings is 1. The molecule has 0 bridgehead atoms. The number of aromatic nitrogens is 1. The monoisotopic (exact) mass is 613 g/mol. The summed E-state index contributed by atoms with van der Waals surface area (Å²) in [6, 6.07) is 9.46. The number of hydrogen-bond acceptors (Lipinski definition) is 5. The molecule has 1 aliphatic heterocycles. The minimum Gasteiger partial charge on any atom is -0.367 e. The summed E-state index contributed by atoms with van der Waals surface area (Å²) in [4.78, 5) is 44.3. The van der Waals surface area contributed by atoms with Crippen LogP contribution in [0, 0.1) is 5.82 Å². The highest BCUT2D eigenvalue weighted by Crippen LogP contribution is 2.36. The molecule has 2 aliphatic rings. The molecule has 44 heavy (non-hydrogen) atoms. The fourth-order valence-electron chi connectivity index (χ4n) is 5.83. The third-order valence-corrected chi connectivity index (χ3v) is 8.50. The Morgan fingerprint density at radius 3 is 2.43 bits per heavy atom. The molecule has 1 saturated carbocycles. The summed E-state index contributed by atoms with van der Waals surface area (Å²) in [5.74, 6) is -2.00. The minimum absolute atomic E-state index is 0.0614. The third kappa shape index (κ3) is 6.96. The van der Waals surface area contributed by atoms with Crippen molar-refractivity contribution in [3.05, 3.63) is 81.5 Å². The predicted octanol–water partition coefficient (Wildman–Crippen LogP) is 5.65. The number of amides is 2. The van der Waals surface area contributed by atoms with Crippen molar-refractivity contribution in [3.8, 4) is 11.1 Å². The van der Waals surface area contributed by atoms with E-state index < -0.39 is 34.6 Å². The van der Waals surface area contributed by atoms with Crippen LogP contribution in [0.25, 0.3) is 11.1 Å². The number of rotatable bonds is 6. The largest absolute Gasteiger partial charge is 0.417 e. The van der Waals surface area contributed by atoms with Crippen molar-refractivity contribution in [2.75, 3.05) is 36.9 Å². The zero-order valence-electron chi connectivity index (χ0n) is 24.6. The van der Waals surface area contributed by atoms with E-state index in [9.17, 15) is 27.6 Å². The smallest absolute Gasteiger partial charge is 0.367 e. The van der Waals surface area contributed by atoms with E-state index >= 15 is 4.39 Å². The number of H-pyrrole nitrogens is 1. The highest BCUT2D eigenvalue weighted by atomic mass is 19.4. The van der Waals surface area contributed by atoms with Crippen molar-refractivity contribution in [2.24, 2.45) is 0 Å². The van der Waals surface area contributed by atoms with Gasteiger partial charge in [0.1, 0.15) is 5.82 Å². The predicted molar refractivity (Wildman–Crippen MR) is 160 cm³/mol. The second kappa shape index (κ2) is 12.8. The van der Waals surface area contributed by atoms with Crippen LogP contribution in [-0.4, -0.2) is 60.5 Å². The molecular weight excluding hydrogens is 578 g/mol. The van der Waals surface area contributed by atoms with Crippen molar-refractivity contribution >= 4 is 23.2 Å². The van der Waals surface area contributed by atoms with Gasteiger partial charge in [-0.05, 0) is 62.7 Å². The van der Waals surface area contributed by atoms with Gasteiger partial charge in [-0.3, -0.25) is 14.4 Å². The highest BCUT2D eigenvalue weighted by Gasteiger charge is 2.36. The van der Waals surface area contributed by atoms with Gasteiger partial charge >= 0.3 is 6.18 Å². The second-order valence-corrected chi connectivity index (χ2v) is 11.6. The summed E-state index contributed by atoms with van der Waals surface area (Å²) in [5.41, 5.74) is -1.70. The molecule has 234 valence electrons. The van der Waals surface area contributed by atoms with Gasteiger partial charge < -0.3 is 25.4 Å². The van der Waals surface area contributed by atoms with Gasteiger partial charge in [0, 0.05) is 55.1 Å². The van der Waals surface area contributed by atoms with Crippen molar-refractivity contribution in [2.45, 2.75) is 57.3 Å². The van der Waals surface area contributed by atoms with Crippen molar-refractivity contribution in [1.82, 2.24) is 15.2 Å². The summed E-state index contributed by atoms with van der Waals surface area (Å²) in [6.07, 6.45) is 0.776. The molecule has 2 aromatic carbocycles. The molecule has 0 radical (unpaired) electrons. The maximum Gasteiger partial charge on any atom is 0.417 e. The Bertz CT molecular complexity index is 1600. The van der Waals surface area contributed by atoms with Crippen molar-refractivity contribution in [1.29, 1.82) is 0 Å². The lowest BCUT2D eigenvalue weighted by Crippen LogP contribution is -2.50. The SMILES string of the molecule is CC1CN(c2ccc(-c3cc(C(=O)NC4CCCCC4)ccc3F)cc2NC(=O)c2c[nH]c(=O)cc2C(F)(F)F)CCN1C. The Hall–Kier alpha value is -4.19. The molecule has 2 heterocycles. The number of benzene rings is 2. The zero-order chi connectivity index (χ0) is 31.6. The summed E-state index contributed by atoms with van der Waals surface area (Å²) in [6.45, 7) is 3.91. The molecule has 5 rings (SSSR count). The van der Waals surface area contributed by atoms with Gasteiger partial charge in [-0.1, -0.05) is 25.3 Å². The summed E-state index contributed by atoms with van der Waals surface area (Å²) >= 11 is 0. The number of hydrogen-bond donors (Lipinski definition) is 3. The van der Waals surface area contributed by atoms with Crippen molar-refractivity contribution < 1.29 is 27.2 Å². The summed E-state index contributed by atoms with van der Waals surface area (Å²) in [7, 11) is 1.99. The Labute approximate surface area is 252 Å². The maximum absolute atomic E-state index is 15.2. The van der Waals surface area contributed by atoms with Gasteiger partial charge in [-0.25, -0.2) is 4.39 Å². The van der Waals surface area contributed by atoms with Gasteiger partial charge in [-0.2, -0.15) is 13.2 Å². The average Bonchev–Trinajstić information content (AvgIpc) is 2.99. The van der Waals surface area contributed by atoms with Crippen LogP contribution in [0.15, 0.2) is 53.5 Å². The first-order valence-corrected chi connectivity index (χ1v) is 14.7. The second-order valence-electron chi connectivity index (χ2n) is 11.6. The Balaban J connectivity index is 1.52. The number of carbonyl (C=O) groups is 2. The van der Waals surface area contributed by atoms with E-state index in [-0.39, 0.29) is 34.8 Å². The summed E-state index contributed by atoms with van der Waals surface area (Å²) < 4.78 is 56.4. The molecule has 1 aliphatic carbocycles. The molecule has 12 heteroatoms. The van der Waals surface area contributed by atoms with Gasteiger partial charge in [0.05, 0.1) is 22.5 Å². The van der Waals surface area contributed by atoms with Crippen LogP contribution >= 0.6 is 0 Å². The fraction of sp³-hybridized carbons (Fsp3) is 0.406. The lowest BCUT2D eigenvalue weighted by atomic mass is 9.95. The number of nitrogens with one attached hydrogen (secondary N) is 3. The number of nitrogens with zero attached hydrogens (tertiary/aromatic N) is 2. The average molecular weight is 614 g/mol. The third-order valence-electron chi connectivity index (χ3n) is 8.50. The van der Waals surface area contributed by atoms with Crippen molar-refractivity contribution in [3.63, 3.8) is 0 Å². The van der Waals surface area contributed by atoms with Crippen LogP contribution in [0.2, 0.25) is 0 Å². The van der Waals surface area contributed by atoms with E-state index in [1.165, 1.54) is 24.3 Å². The van der Waals surface area contributed by atoms with E-state index in [1.807, 2.05) is 18.9 Å². The molecule has 1 unspecified atom stereocenters. The molecule has 1 saturated heterocycles. The maximum atomic E-state index is 15.2. The number of anilines is 2. The Morgan fingerprint density at radius 2 is 1.73 bits per heavy atom. The number of aromatic amines is 1. The van der Waals surface area contributed by atoms with Crippen LogP contribution < -0.4 is 21.1 Å². The lowest BCUT2D eigenvalue weighted by Gasteiger charge is -2.39. The molecule has 3 N–H and O–H groups in total. The van der Waals surface area contributed by atoms with Crippen LogP contribution in [0.5, 0.6) is 0 Å². The molecule has 0 spiro atoms. The number of alkyl halides is 3. The van der Waals surface area contributed by atoms with Gasteiger partial charge in [0.2, 0.25) is 5.56 Å². The number of halogens is 4.